The average molecular weight is 393 g/mol. The summed E-state index contributed by atoms with van der Waals surface area (Å²) in [6.07, 6.45) is 1.65. The van der Waals surface area contributed by atoms with Gasteiger partial charge in [-0.15, -0.1) is 0 Å². The number of nitrogens with one attached hydrogen (secondary N) is 1. The molecule has 0 bridgehead atoms. The van der Waals surface area contributed by atoms with Crippen LogP contribution < -0.4 is 10.1 Å². The van der Waals surface area contributed by atoms with E-state index in [0.717, 1.165) is 29.8 Å². The van der Waals surface area contributed by atoms with E-state index in [1.165, 1.54) is 6.92 Å². The number of fused-ring (bicyclic) bond motifs is 1. The number of carbonyl (C=O) groups excluding carboxylic acids is 2. The molecular formula is C22H23N3O4. The number of anilines is 1. The number of benzene rings is 2. The van der Waals surface area contributed by atoms with Crippen molar-refractivity contribution in [2.24, 2.45) is 0 Å². The Balaban J connectivity index is 1.27. The van der Waals surface area contributed by atoms with Gasteiger partial charge in [-0.3, -0.25) is 9.59 Å². The van der Waals surface area contributed by atoms with Gasteiger partial charge in [0.05, 0.1) is 0 Å². The van der Waals surface area contributed by atoms with Crippen LogP contribution in [0.5, 0.6) is 5.75 Å². The Morgan fingerprint density at radius 1 is 1.14 bits per heavy atom. The van der Waals surface area contributed by atoms with Crippen molar-refractivity contribution >= 4 is 28.6 Å². The zero-order valence-electron chi connectivity index (χ0n) is 16.3. The number of likely N-dealkylation sites (tertiary alicyclic amines) is 1. The third-order valence-corrected chi connectivity index (χ3v) is 5.04. The van der Waals surface area contributed by atoms with Gasteiger partial charge in [-0.2, -0.15) is 0 Å². The third kappa shape index (κ3) is 4.56. The van der Waals surface area contributed by atoms with Crippen LogP contribution in [0.2, 0.25) is 0 Å². The van der Waals surface area contributed by atoms with E-state index in [0.29, 0.717) is 24.5 Å². The summed E-state index contributed by atoms with van der Waals surface area (Å²) >= 11 is 0. The van der Waals surface area contributed by atoms with Gasteiger partial charge in [0.25, 0.3) is 5.91 Å². The number of aromatic nitrogens is 1. The number of nitrogens with zero attached hydrogens (tertiary/aromatic N) is 2. The van der Waals surface area contributed by atoms with Crippen molar-refractivity contribution in [2.75, 3.05) is 25.0 Å². The van der Waals surface area contributed by atoms with E-state index in [9.17, 15) is 9.59 Å². The van der Waals surface area contributed by atoms with Gasteiger partial charge in [0.2, 0.25) is 5.91 Å². The largest absolute Gasteiger partial charge is 0.484 e. The van der Waals surface area contributed by atoms with Gasteiger partial charge >= 0.3 is 0 Å². The van der Waals surface area contributed by atoms with Gasteiger partial charge in [0.1, 0.15) is 11.3 Å². The van der Waals surface area contributed by atoms with Crippen molar-refractivity contribution in [1.82, 2.24) is 9.88 Å². The molecule has 0 spiro atoms. The van der Waals surface area contributed by atoms with E-state index in [1.807, 2.05) is 29.2 Å². The molecule has 2 aromatic carbocycles. The first-order valence-electron chi connectivity index (χ1n) is 9.72. The Bertz CT molecular complexity index is 971. The standard InChI is InChI=1S/C22H23N3O4/c1-15(26)23-17-6-8-18(9-7-17)28-14-21(27)25-12-10-16(11-13-25)22-24-19-4-2-3-5-20(19)29-22/h2-9,16H,10-14H2,1H3,(H,23,26). The molecule has 2 amide bonds. The second-order valence-electron chi connectivity index (χ2n) is 7.17. The van der Waals surface area contributed by atoms with Crippen LogP contribution in [-0.4, -0.2) is 41.4 Å². The minimum atomic E-state index is -0.130. The van der Waals surface area contributed by atoms with Gasteiger partial charge < -0.3 is 19.4 Å². The van der Waals surface area contributed by atoms with Crippen LogP contribution in [0.25, 0.3) is 11.1 Å². The summed E-state index contributed by atoms with van der Waals surface area (Å²) in [4.78, 5) is 29.9. The molecule has 0 aliphatic carbocycles. The topological polar surface area (TPSA) is 84.7 Å². The highest BCUT2D eigenvalue weighted by molar-refractivity contribution is 5.88. The quantitative estimate of drug-likeness (QED) is 0.716. The van der Waals surface area contributed by atoms with Crippen molar-refractivity contribution in [3.05, 3.63) is 54.4 Å². The molecule has 4 rings (SSSR count). The molecule has 0 atom stereocenters. The maximum absolute atomic E-state index is 12.5. The monoisotopic (exact) mass is 393 g/mol. The molecule has 1 aromatic heterocycles. The molecule has 1 fully saturated rings. The van der Waals surface area contributed by atoms with E-state index in [1.54, 1.807) is 24.3 Å². The lowest BCUT2D eigenvalue weighted by atomic mass is 9.97. The van der Waals surface area contributed by atoms with Crippen LogP contribution in [0.4, 0.5) is 5.69 Å². The summed E-state index contributed by atoms with van der Waals surface area (Å²) in [6.45, 7) is 2.77. The maximum atomic E-state index is 12.5. The zero-order chi connectivity index (χ0) is 20.2. The zero-order valence-corrected chi connectivity index (χ0v) is 16.3. The molecule has 7 nitrogen and oxygen atoms in total. The summed E-state index contributed by atoms with van der Waals surface area (Å²) in [7, 11) is 0. The van der Waals surface area contributed by atoms with Crippen LogP contribution in [-0.2, 0) is 9.59 Å². The molecule has 0 radical (unpaired) electrons. The van der Waals surface area contributed by atoms with E-state index in [2.05, 4.69) is 10.3 Å². The van der Waals surface area contributed by atoms with E-state index >= 15 is 0 Å². The van der Waals surface area contributed by atoms with Gasteiger partial charge in [-0.25, -0.2) is 4.98 Å². The highest BCUT2D eigenvalue weighted by Crippen LogP contribution is 2.30. The lowest BCUT2D eigenvalue weighted by Gasteiger charge is -2.30. The number of para-hydroxylation sites is 2. The van der Waals surface area contributed by atoms with Crippen molar-refractivity contribution in [2.45, 2.75) is 25.7 Å². The SMILES string of the molecule is CC(=O)Nc1ccc(OCC(=O)N2CCC(c3nc4ccccc4o3)CC2)cc1. The first kappa shape index (κ1) is 19.0. The molecule has 150 valence electrons. The predicted molar refractivity (Wildman–Crippen MR) is 109 cm³/mol. The highest BCUT2D eigenvalue weighted by atomic mass is 16.5. The Labute approximate surface area is 168 Å². The van der Waals surface area contributed by atoms with Crippen LogP contribution >= 0.6 is 0 Å². The number of rotatable bonds is 5. The second kappa shape index (κ2) is 8.34. The second-order valence-corrected chi connectivity index (χ2v) is 7.17. The first-order valence-corrected chi connectivity index (χ1v) is 9.72. The van der Waals surface area contributed by atoms with Gasteiger partial charge in [-0.05, 0) is 49.2 Å². The molecule has 7 heteroatoms. The number of amides is 2. The fraction of sp³-hybridized carbons (Fsp3) is 0.318. The lowest BCUT2D eigenvalue weighted by molar-refractivity contribution is -0.134. The van der Waals surface area contributed by atoms with Crippen molar-refractivity contribution in [1.29, 1.82) is 0 Å². The summed E-state index contributed by atoms with van der Waals surface area (Å²) in [5.74, 6) is 1.42. The normalized spacial score (nSPS) is 14.7. The summed E-state index contributed by atoms with van der Waals surface area (Å²) < 4.78 is 11.5. The molecule has 1 N–H and O–H groups in total. The highest BCUT2D eigenvalue weighted by Gasteiger charge is 2.27. The average Bonchev–Trinajstić information content (AvgIpc) is 3.17. The van der Waals surface area contributed by atoms with Crippen molar-refractivity contribution in [3.63, 3.8) is 0 Å². The molecule has 1 saturated heterocycles. The fourth-order valence-corrected chi connectivity index (χ4v) is 3.51. The number of hydrogen-bond donors (Lipinski definition) is 1. The third-order valence-electron chi connectivity index (χ3n) is 5.04. The number of piperidine rings is 1. The number of oxazole rings is 1. The van der Waals surface area contributed by atoms with E-state index < -0.39 is 0 Å². The first-order chi connectivity index (χ1) is 14.1. The van der Waals surface area contributed by atoms with Crippen LogP contribution in [0.3, 0.4) is 0 Å². The van der Waals surface area contributed by atoms with Crippen molar-refractivity contribution < 1.29 is 18.7 Å². The number of ether oxygens (including phenoxy) is 1. The summed E-state index contributed by atoms with van der Waals surface area (Å²) in [6, 6.07) is 14.7. The molecular weight excluding hydrogens is 370 g/mol. The van der Waals surface area contributed by atoms with Crippen LogP contribution in [0.15, 0.2) is 52.9 Å². The number of carbonyl (C=O) groups is 2. The van der Waals surface area contributed by atoms with Crippen LogP contribution in [0, 0.1) is 0 Å². The van der Waals surface area contributed by atoms with Crippen molar-refractivity contribution in [3.8, 4) is 5.75 Å². The minimum absolute atomic E-state index is 0.00691. The Morgan fingerprint density at radius 2 is 1.86 bits per heavy atom. The van der Waals surface area contributed by atoms with Gasteiger partial charge in [0, 0.05) is 31.6 Å². The summed E-state index contributed by atoms with van der Waals surface area (Å²) in [5.41, 5.74) is 2.37. The van der Waals surface area contributed by atoms with Crippen LogP contribution in [0.1, 0.15) is 31.6 Å². The maximum Gasteiger partial charge on any atom is 0.260 e. The van der Waals surface area contributed by atoms with Gasteiger partial charge in [-0.1, -0.05) is 12.1 Å². The molecule has 0 unspecified atom stereocenters. The Hall–Kier alpha value is -3.35. The minimum Gasteiger partial charge on any atom is -0.484 e. The van der Waals surface area contributed by atoms with E-state index in [-0.39, 0.29) is 24.3 Å². The molecule has 0 saturated carbocycles. The fourth-order valence-electron chi connectivity index (χ4n) is 3.51. The molecule has 3 aromatic rings. The molecule has 29 heavy (non-hydrogen) atoms. The molecule has 2 heterocycles. The number of hydrogen-bond acceptors (Lipinski definition) is 5. The van der Waals surface area contributed by atoms with Gasteiger partial charge in [0.15, 0.2) is 18.1 Å². The predicted octanol–water partition coefficient (Wildman–Crippen LogP) is 3.57. The Morgan fingerprint density at radius 3 is 2.55 bits per heavy atom. The molecule has 1 aliphatic rings. The Kier molecular flexibility index (Phi) is 5.46. The molecule has 1 aliphatic heterocycles. The lowest BCUT2D eigenvalue weighted by Crippen LogP contribution is -2.40. The smallest absolute Gasteiger partial charge is 0.260 e. The summed E-state index contributed by atoms with van der Waals surface area (Å²) in [5, 5.41) is 2.69. The van der Waals surface area contributed by atoms with E-state index in [4.69, 9.17) is 9.15 Å².